The van der Waals surface area contributed by atoms with E-state index >= 15 is 0 Å². The van der Waals surface area contributed by atoms with Crippen molar-refractivity contribution in [2.75, 3.05) is 26.2 Å². The quantitative estimate of drug-likeness (QED) is 0.797. The number of nitrogens with zero attached hydrogens (tertiary/aromatic N) is 1. The van der Waals surface area contributed by atoms with E-state index in [0.29, 0.717) is 5.02 Å². The number of nitrogens with one attached hydrogen (secondary N) is 1. The second kappa shape index (κ2) is 7.77. The second-order valence-corrected chi connectivity index (χ2v) is 6.80. The average Bonchev–Trinajstić information content (AvgIpc) is 2.45. The first-order chi connectivity index (χ1) is 9.97. The lowest BCUT2D eigenvalue weighted by atomic mass is 9.99. The zero-order valence-electron chi connectivity index (χ0n) is 12.6. The maximum atomic E-state index is 13.5. The number of hydrogen-bond donors (Lipinski definition) is 1. The SMILES string of the molecule is CC1CCN(CCNC(C)c2cc(F)c(Cl)cc2Cl)CC1. The number of benzene rings is 1. The van der Waals surface area contributed by atoms with Gasteiger partial charge in [-0.15, -0.1) is 0 Å². The topological polar surface area (TPSA) is 15.3 Å². The Kier molecular flexibility index (Phi) is 6.30. The third-order valence-electron chi connectivity index (χ3n) is 4.26. The summed E-state index contributed by atoms with van der Waals surface area (Å²) in [6, 6.07) is 2.90. The van der Waals surface area contributed by atoms with Crippen molar-refractivity contribution in [2.45, 2.75) is 32.7 Å². The average molecular weight is 333 g/mol. The first-order valence-electron chi connectivity index (χ1n) is 7.57. The fourth-order valence-electron chi connectivity index (χ4n) is 2.70. The summed E-state index contributed by atoms with van der Waals surface area (Å²) in [4.78, 5) is 2.48. The fourth-order valence-corrected chi connectivity index (χ4v) is 3.25. The molecule has 1 aromatic rings. The molecule has 0 amide bonds. The smallest absolute Gasteiger partial charge is 0.142 e. The van der Waals surface area contributed by atoms with Crippen molar-refractivity contribution in [3.8, 4) is 0 Å². The van der Waals surface area contributed by atoms with Gasteiger partial charge in [-0.25, -0.2) is 4.39 Å². The lowest BCUT2D eigenvalue weighted by Crippen LogP contribution is -2.38. The molecule has 2 nitrogen and oxygen atoms in total. The van der Waals surface area contributed by atoms with Gasteiger partial charge in [0.25, 0.3) is 0 Å². The Morgan fingerprint density at radius 1 is 1.29 bits per heavy atom. The Morgan fingerprint density at radius 3 is 2.62 bits per heavy atom. The minimum absolute atomic E-state index is 0.00739. The van der Waals surface area contributed by atoms with Crippen LogP contribution in [0.3, 0.4) is 0 Å². The van der Waals surface area contributed by atoms with Crippen LogP contribution in [0.1, 0.15) is 38.3 Å². The number of halogens is 3. The van der Waals surface area contributed by atoms with Gasteiger partial charge in [-0.1, -0.05) is 30.1 Å². The predicted octanol–water partition coefficient (Wildman–Crippen LogP) is 4.52. The first kappa shape index (κ1) is 17.0. The van der Waals surface area contributed by atoms with Crippen molar-refractivity contribution in [3.05, 3.63) is 33.6 Å². The molecule has 1 N–H and O–H groups in total. The number of rotatable bonds is 5. The normalized spacial score (nSPS) is 18.9. The van der Waals surface area contributed by atoms with Crippen molar-refractivity contribution in [1.29, 1.82) is 0 Å². The Hall–Kier alpha value is -0.350. The van der Waals surface area contributed by atoms with Crippen molar-refractivity contribution < 1.29 is 4.39 Å². The van der Waals surface area contributed by atoms with Crippen LogP contribution in [0.2, 0.25) is 10.0 Å². The number of hydrogen-bond acceptors (Lipinski definition) is 2. The zero-order chi connectivity index (χ0) is 15.4. The van der Waals surface area contributed by atoms with Crippen LogP contribution in [0.4, 0.5) is 4.39 Å². The first-order valence-corrected chi connectivity index (χ1v) is 8.33. The van der Waals surface area contributed by atoms with E-state index in [1.54, 1.807) is 0 Å². The van der Waals surface area contributed by atoms with Gasteiger partial charge >= 0.3 is 0 Å². The summed E-state index contributed by atoms with van der Waals surface area (Å²) in [7, 11) is 0. The van der Waals surface area contributed by atoms with E-state index in [2.05, 4.69) is 17.1 Å². The lowest BCUT2D eigenvalue weighted by Gasteiger charge is -2.30. The highest BCUT2D eigenvalue weighted by Gasteiger charge is 2.16. The molecule has 1 heterocycles. The van der Waals surface area contributed by atoms with Crippen LogP contribution in [-0.4, -0.2) is 31.1 Å². The van der Waals surface area contributed by atoms with Gasteiger partial charge in [-0.2, -0.15) is 0 Å². The molecule has 0 spiro atoms. The maximum Gasteiger partial charge on any atom is 0.142 e. The Morgan fingerprint density at radius 2 is 1.95 bits per heavy atom. The standard InChI is InChI=1S/C16H23Cl2FN2/c1-11-3-6-21(7-4-11)8-5-20-12(2)13-9-16(19)15(18)10-14(13)17/h9-12,20H,3-8H2,1-2H3. The maximum absolute atomic E-state index is 13.5. The van der Waals surface area contributed by atoms with Crippen molar-refractivity contribution in [1.82, 2.24) is 10.2 Å². The fraction of sp³-hybridized carbons (Fsp3) is 0.625. The molecule has 0 aliphatic carbocycles. The molecule has 1 saturated heterocycles. The molecule has 2 rings (SSSR count). The van der Waals surface area contributed by atoms with E-state index in [9.17, 15) is 4.39 Å². The van der Waals surface area contributed by atoms with Crippen LogP contribution in [-0.2, 0) is 0 Å². The Labute approximate surface area is 136 Å². The number of piperidine rings is 1. The molecule has 1 aromatic carbocycles. The number of likely N-dealkylation sites (tertiary alicyclic amines) is 1. The van der Waals surface area contributed by atoms with E-state index in [4.69, 9.17) is 23.2 Å². The summed E-state index contributed by atoms with van der Waals surface area (Å²) in [5.74, 6) is 0.429. The molecular formula is C16H23Cl2FN2. The molecule has 5 heteroatoms. The summed E-state index contributed by atoms with van der Waals surface area (Å²) in [6.45, 7) is 8.55. The zero-order valence-corrected chi connectivity index (χ0v) is 14.1. The van der Waals surface area contributed by atoms with Crippen LogP contribution in [0.15, 0.2) is 12.1 Å². The van der Waals surface area contributed by atoms with E-state index in [1.807, 2.05) is 6.92 Å². The summed E-state index contributed by atoms with van der Waals surface area (Å²) in [5, 5.41) is 3.98. The highest BCUT2D eigenvalue weighted by Crippen LogP contribution is 2.28. The minimum atomic E-state index is -0.422. The molecule has 1 fully saturated rings. The monoisotopic (exact) mass is 332 g/mol. The van der Waals surface area contributed by atoms with Gasteiger partial charge in [0, 0.05) is 24.2 Å². The largest absolute Gasteiger partial charge is 0.309 e. The molecular weight excluding hydrogens is 310 g/mol. The van der Waals surface area contributed by atoms with Crippen molar-refractivity contribution in [3.63, 3.8) is 0 Å². The van der Waals surface area contributed by atoms with E-state index in [0.717, 1.165) is 24.6 Å². The van der Waals surface area contributed by atoms with Gasteiger partial charge in [0.2, 0.25) is 0 Å². The van der Waals surface area contributed by atoms with Gasteiger partial charge in [-0.05, 0) is 56.5 Å². The summed E-state index contributed by atoms with van der Waals surface area (Å²) in [5.41, 5.74) is 0.755. The van der Waals surface area contributed by atoms with Gasteiger partial charge in [-0.3, -0.25) is 0 Å². The molecule has 0 saturated carbocycles. The minimum Gasteiger partial charge on any atom is -0.309 e. The van der Waals surface area contributed by atoms with E-state index < -0.39 is 5.82 Å². The van der Waals surface area contributed by atoms with Crippen LogP contribution in [0.5, 0.6) is 0 Å². The Balaban J connectivity index is 1.82. The summed E-state index contributed by atoms with van der Waals surface area (Å²) in [6.07, 6.45) is 2.56. The highest BCUT2D eigenvalue weighted by molar-refractivity contribution is 6.35. The van der Waals surface area contributed by atoms with Crippen LogP contribution in [0.25, 0.3) is 0 Å². The van der Waals surface area contributed by atoms with Gasteiger partial charge < -0.3 is 10.2 Å². The molecule has 0 bridgehead atoms. The third-order valence-corrected chi connectivity index (χ3v) is 4.88. The van der Waals surface area contributed by atoms with Gasteiger partial charge in [0.15, 0.2) is 0 Å². The molecule has 118 valence electrons. The molecule has 0 radical (unpaired) electrons. The highest BCUT2D eigenvalue weighted by atomic mass is 35.5. The lowest BCUT2D eigenvalue weighted by molar-refractivity contribution is 0.191. The second-order valence-electron chi connectivity index (χ2n) is 5.99. The van der Waals surface area contributed by atoms with Crippen LogP contribution in [0, 0.1) is 11.7 Å². The molecule has 21 heavy (non-hydrogen) atoms. The predicted molar refractivity (Wildman–Crippen MR) is 87.7 cm³/mol. The third kappa shape index (κ3) is 4.82. The molecule has 1 aliphatic rings. The summed E-state index contributed by atoms with van der Waals surface area (Å²) < 4.78 is 13.5. The summed E-state index contributed by atoms with van der Waals surface area (Å²) >= 11 is 11.9. The van der Waals surface area contributed by atoms with Gasteiger partial charge in [0.1, 0.15) is 5.82 Å². The molecule has 1 atom stereocenters. The van der Waals surface area contributed by atoms with Crippen LogP contribution >= 0.6 is 23.2 Å². The molecule has 0 aromatic heterocycles. The van der Waals surface area contributed by atoms with E-state index in [-0.39, 0.29) is 11.1 Å². The molecule has 1 aliphatic heterocycles. The van der Waals surface area contributed by atoms with E-state index in [1.165, 1.54) is 38.1 Å². The Bertz CT molecular complexity index is 474. The molecule has 1 unspecified atom stereocenters. The van der Waals surface area contributed by atoms with Gasteiger partial charge in [0.05, 0.1) is 5.02 Å². The van der Waals surface area contributed by atoms with Crippen molar-refractivity contribution in [2.24, 2.45) is 5.92 Å². The van der Waals surface area contributed by atoms with Crippen LogP contribution < -0.4 is 5.32 Å². The van der Waals surface area contributed by atoms with Crippen molar-refractivity contribution >= 4 is 23.2 Å².